The molecule has 0 spiro atoms. The van der Waals surface area contributed by atoms with Gasteiger partial charge in [-0.3, -0.25) is 0 Å². The van der Waals surface area contributed by atoms with E-state index < -0.39 is 58.0 Å². The second-order valence-corrected chi connectivity index (χ2v) is 6.51. The number of benzene rings is 2. The smallest absolute Gasteiger partial charge is 0.349 e. The van der Waals surface area contributed by atoms with Gasteiger partial charge in [0, 0.05) is 22.8 Å². The van der Waals surface area contributed by atoms with Crippen LogP contribution in [-0.4, -0.2) is 17.2 Å². The highest BCUT2D eigenvalue weighted by Crippen LogP contribution is 2.69. The maximum atomic E-state index is 14.5. The molecule has 2 aromatic rings. The van der Waals surface area contributed by atoms with Crippen LogP contribution in [0.15, 0.2) is 30.3 Å². The summed E-state index contributed by atoms with van der Waals surface area (Å²) in [6, 6.07) is 5.43. The van der Waals surface area contributed by atoms with Crippen LogP contribution in [0.1, 0.15) is 28.4 Å². The third-order valence-corrected chi connectivity index (χ3v) is 4.96. The molecule has 2 aliphatic rings. The third-order valence-electron chi connectivity index (χ3n) is 4.96. The van der Waals surface area contributed by atoms with E-state index in [0.717, 1.165) is 18.2 Å². The van der Waals surface area contributed by atoms with Gasteiger partial charge in [0.2, 0.25) is 0 Å². The Morgan fingerprint density at radius 2 is 1.75 bits per heavy atom. The number of alkyl halides is 6. The first-order valence-corrected chi connectivity index (χ1v) is 7.79. The number of hydrogen-bond acceptors (Lipinski definition) is 3. The molecule has 10 heteroatoms. The van der Waals surface area contributed by atoms with Crippen molar-refractivity contribution in [1.29, 1.82) is 5.26 Å². The summed E-state index contributed by atoms with van der Waals surface area (Å²) in [6.45, 7) is 0. The Morgan fingerprint density at radius 3 is 2.39 bits per heavy atom. The Kier molecular flexibility index (Phi) is 3.57. The van der Waals surface area contributed by atoms with E-state index in [1.807, 2.05) is 0 Å². The number of nitriles is 1. The molecule has 0 radical (unpaired) electrons. The first-order valence-electron chi connectivity index (χ1n) is 7.79. The van der Waals surface area contributed by atoms with Crippen LogP contribution in [0.2, 0.25) is 0 Å². The predicted molar refractivity (Wildman–Crippen MR) is 79.1 cm³/mol. The van der Waals surface area contributed by atoms with Crippen LogP contribution < -0.4 is 4.74 Å². The molecule has 28 heavy (non-hydrogen) atoms. The van der Waals surface area contributed by atoms with Crippen molar-refractivity contribution in [3.05, 3.63) is 58.4 Å². The minimum absolute atomic E-state index is 0.192. The molecule has 0 aromatic heterocycles. The summed E-state index contributed by atoms with van der Waals surface area (Å²) in [5, 5.41) is 19.0. The maximum Gasteiger partial charge on any atom is 0.349 e. The largest absolute Gasteiger partial charge is 0.457 e. The van der Waals surface area contributed by atoms with Gasteiger partial charge in [-0.25, -0.2) is 13.2 Å². The lowest BCUT2D eigenvalue weighted by Gasteiger charge is -2.32. The molecule has 2 aromatic carbocycles. The van der Waals surface area contributed by atoms with Gasteiger partial charge in [0.15, 0.2) is 17.9 Å². The third kappa shape index (κ3) is 1.97. The molecule has 0 amide bonds. The fourth-order valence-electron chi connectivity index (χ4n) is 3.68. The number of halogens is 7. The summed E-state index contributed by atoms with van der Waals surface area (Å²) in [5.41, 5.74) is -7.98. The molecule has 3 atom stereocenters. The minimum Gasteiger partial charge on any atom is -0.457 e. The van der Waals surface area contributed by atoms with Gasteiger partial charge in [-0.15, -0.1) is 0 Å². The van der Waals surface area contributed by atoms with E-state index in [1.165, 1.54) is 0 Å². The zero-order chi connectivity index (χ0) is 20.6. The molecule has 0 heterocycles. The fraction of sp³-hybridized carbons (Fsp3) is 0.278. The zero-order valence-electron chi connectivity index (χ0n) is 13.5. The Labute approximate surface area is 152 Å². The van der Waals surface area contributed by atoms with Crippen LogP contribution >= 0.6 is 0 Å². The minimum atomic E-state index is -5.30. The second-order valence-electron chi connectivity index (χ2n) is 6.51. The molecule has 0 saturated heterocycles. The number of ether oxygens (including phenoxy) is 1. The number of nitrogens with zero attached hydrogens (tertiary/aromatic N) is 1. The van der Waals surface area contributed by atoms with E-state index in [4.69, 9.17) is 10.00 Å². The molecule has 0 bridgehead atoms. The summed E-state index contributed by atoms with van der Waals surface area (Å²) >= 11 is 0. The van der Waals surface area contributed by atoms with E-state index in [1.54, 1.807) is 6.07 Å². The fourth-order valence-corrected chi connectivity index (χ4v) is 3.68. The normalized spacial score (nSPS) is 28.7. The Hall–Kier alpha value is -2.80. The molecule has 146 valence electrons. The number of aliphatic hydroxyl groups is 1. The van der Waals surface area contributed by atoms with Gasteiger partial charge >= 0.3 is 11.8 Å². The highest BCUT2D eigenvalue weighted by Gasteiger charge is 2.82. The van der Waals surface area contributed by atoms with Crippen molar-refractivity contribution in [3.8, 4) is 17.6 Å². The Bertz CT molecular complexity index is 1050. The molecule has 4 rings (SSSR count). The molecule has 0 unspecified atom stereocenters. The van der Waals surface area contributed by atoms with Gasteiger partial charge in [0.1, 0.15) is 17.3 Å². The summed E-state index contributed by atoms with van der Waals surface area (Å²) in [5.74, 6) is -12.2. The van der Waals surface area contributed by atoms with Gasteiger partial charge < -0.3 is 9.84 Å². The van der Waals surface area contributed by atoms with Gasteiger partial charge in [0.05, 0.1) is 11.6 Å². The van der Waals surface area contributed by atoms with Crippen LogP contribution in [0.3, 0.4) is 0 Å². The van der Waals surface area contributed by atoms with E-state index >= 15 is 0 Å². The molecule has 2 aliphatic carbocycles. The monoisotopic (exact) mass is 403 g/mol. The molecule has 0 aliphatic heterocycles. The highest BCUT2D eigenvalue weighted by atomic mass is 19.3. The molecular formula is C18H8F7NO2. The standard InChI is InChI=1S/C18H8F7NO2/c19-8-3-7(6-26)4-9(5-8)28-11-2-1-10-13-12(11)14(20)15(21)16(13,27)18(24,25)17(10,22)23/h1-5,14-15,27H/t14-,15-,16+/m0/s1. The lowest BCUT2D eigenvalue weighted by atomic mass is 9.93. The van der Waals surface area contributed by atoms with Gasteiger partial charge in [-0.1, -0.05) is 0 Å². The van der Waals surface area contributed by atoms with Gasteiger partial charge in [0.25, 0.3) is 0 Å². The quantitative estimate of drug-likeness (QED) is 0.735. The Morgan fingerprint density at radius 1 is 1.07 bits per heavy atom. The maximum absolute atomic E-state index is 14.5. The summed E-state index contributed by atoms with van der Waals surface area (Å²) < 4.78 is 104. The van der Waals surface area contributed by atoms with Crippen molar-refractivity contribution in [1.82, 2.24) is 0 Å². The molecule has 0 saturated carbocycles. The van der Waals surface area contributed by atoms with E-state index in [9.17, 15) is 35.8 Å². The summed E-state index contributed by atoms with van der Waals surface area (Å²) in [7, 11) is 0. The van der Waals surface area contributed by atoms with E-state index in [2.05, 4.69) is 0 Å². The van der Waals surface area contributed by atoms with Gasteiger partial charge in [-0.2, -0.15) is 22.8 Å². The van der Waals surface area contributed by atoms with Crippen molar-refractivity contribution in [3.63, 3.8) is 0 Å². The number of rotatable bonds is 2. The SMILES string of the molecule is N#Cc1cc(F)cc(Oc2ccc3c4c2[C@H](F)[C@H](F)[C@@]4(O)C(F)(F)C3(F)F)c1. The summed E-state index contributed by atoms with van der Waals surface area (Å²) in [4.78, 5) is 0. The van der Waals surface area contributed by atoms with Crippen LogP contribution in [0.25, 0.3) is 0 Å². The first kappa shape index (κ1) is 18.6. The highest BCUT2D eigenvalue weighted by molar-refractivity contribution is 5.62. The summed E-state index contributed by atoms with van der Waals surface area (Å²) in [6.07, 6.45) is -6.27. The molecule has 0 fully saturated rings. The topological polar surface area (TPSA) is 53.2 Å². The van der Waals surface area contributed by atoms with E-state index in [-0.39, 0.29) is 11.3 Å². The predicted octanol–water partition coefficient (Wildman–Crippen LogP) is 4.78. The number of hydrogen-bond donors (Lipinski definition) is 1. The van der Waals surface area contributed by atoms with E-state index in [0.29, 0.717) is 12.1 Å². The van der Waals surface area contributed by atoms with Crippen molar-refractivity contribution in [2.24, 2.45) is 0 Å². The Balaban J connectivity index is 1.92. The van der Waals surface area contributed by atoms with Gasteiger partial charge in [-0.05, 0) is 24.3 Å². The van der Waals surface area contributed by atoms with Crippen LogP contribution in [0.5, 0.6) is 11.5 Å². The van der Waals surface area contributed by atoms with Crippen molar-refractivity contribution >= 4 is 0 Å². The molecule has 3 nitrogen and oxygen atoms in total. The molecular weight excluding hydrogens is 395 g/mol. The van der Waals surface area contributed by atoms with Crippen LogP contribution in [-0.2, 0) is 11.5 Å². The zero-order valence-corrected chi connectivity index (χ0v) is 13.5. The van der Waals surface area contributed by atoms with Crippen LogP contribution in [0, 0.1) is 17.1 Å². The average molecular weight is 403 g/mol. The lowest BCUT2D eigenvalue weighted by Crippen LogP contribution is -2.53. The lowest BCUT2D eigenvalue weighted by molar-refractivity contribution is -0.302. The average Bonchev–Trinajstić information content (AvgIpc) is 2.90. The van der Waals surface area contributed by atoms with Crippen molar-refractivity contribution in [2.45, 2.75) is 29.8 Å². The van der Waals surface area contributed by atoms with Crippen LogP contribution in [0.4, 0.5) is 30.7 Å². The van der Waals surface area contributed by atoms with Crippen molar-refractivity contribution in [2.75, 3.05) is 0 Å². The molecule has 1 N–H and O–H groups in total. The second kappa shape index (κ2) is 5.38. The first-order chi connectivity index (χ1) is 13.0. The van der Waals surface area contributed by atoms with Crippen molar-refractivity contribution < 1.29 is 40.6 Å².